The van der Waals surface area contributed by atoms with Crippen molar-refractivity contribution in [2.75, 3.05) is 7.11 Å². The number of aromatic hydroxyl groups is 1. The molecule has 0 spiro atoms. The molecule has 2 aromatic rings. The molecule has 148 valence electrons. The van der Waals surface area contributed by atoms with Crippen molar-refractivity contribution in [2.45, 2.75) is 17.2 Å². The number of amides is 1. The number of carbonyl (C=O) groups is 1. The van der Waals surface area contributed by atoms with Crippen LogP contribution in [0.3, 0.4) is 0 Å². The molecule has 2 rings (SSSR count). The van der Waals surface area contributed by atoms with Gasteiger partial charge in [0.25, 0.3) is 11.5 Å². The van der Waals surface area contributed by atoms with Gasteiger partial charge in [0.15, 0.2) is 10.8 Å². The van der Waals surface area contributed by atoms with Crippen LogP contribution in [0.15, 0.2) is 31.8 Å². The normalized spacial score (nSPS) is 11.9. The van der Waals surface area contributed by atoms with E-state index in [4.69, 9.17) is 4.74 Å². The van der Waals surface area contributed by atoms with Crippen molar-refractivity contribution in [2.24, 2.45) is 5.10 Å². The molecule has 0 aliphatic heterocycles. The number of aromatic amines is 2. The van der Waals surface area contributed by atoms with E-state index >= 15 is 0 Å². The summed E-state index contributed by atoms with van der Waals surface area (Å²) in [5, 5.41) is 29.0. The molecular weight excluding hydrogens is 396 g/mol. The molecule has 1 atom stereocenters. The lowest BCUT2D eigenvalue weighted by molar-refractivity contribution is -0.386. The van der Waals surface area contributed by atoms with Crippen LogP contribution in [0.25, 0.3) is 0 Å². The highest BCUT2D eigenvalue weighted by molar-refractivity contribution is 8.00. The summed E-state index contributed by atoms with van der Waals surface area (Å²) in [6, 6.07) is 2.34. The second kappa shape index (κ2) is 8.81. The molecule has 1 aromatic heterocycles. The molecular formula is C14H14N6O7S. The lowest BCUT2D eigenvalue weighted by atomic mass is 10.2. The molecule has 4 N–H and O–H groups in total. The molecule has 28 heavy (non-hydrogen) atoms. The highest BCUT2D eigenvalue weighted by Crippen LogP contribution is 2.36. The van der Waals surface area contributed by atoms with E-state index in [1.807, 2.05) is 10.1 Å². The van der Waals surface area contributed by atoms with Gasteiger partial charge in [-0.25, -0.2) is 15.3 Å². The minimum Gasteiger partial charge on any atom is -0.500 e. The molecule has 0 saturated carbocycles. The van der Waals surface area contributed by atoms with Gasteiger partial charge in [-0.1, -0.05) is 11.8 Å². The van der Waals surface area contributed by atoms with Gasteiger partial charge in [-0.15, -0.1) is 0 Å². The summed E-state index contributed by atoms with van der Waals surface area (Å²) in [5.74, 6) is -1.35. The summed E-state index contributed by atoms with van der Waals surface area (Å²) >= 11 is 0.794. The van der Waals surface area contributed by atoms with Gasteiger partial charge < -0.3 is 9.84 Å². The highest BCUT2D eigenvalue weighted by atomic mass is 32.2. The van der Waals surface area contributed by atoms with E-state index < -0.39 is 38.8 Å². The summed E-state index contributed by atoms with van der Waals surface area (Å²) in [5.41, 5.74) is 0.314. The summed E-state index contributed by atoms with van der Waals surface area (Å²) in [6.07, 6.45) is 1.12. The van der Waals surface area contributed by atoms with Crippen LogP contribution in [0.4, 0.5) is 5.69 Å². The molecule has 0 saturated heterocycles. The molecule has 0 aliphatic rings. The Labute approximate surface area is 160 Å². The van der Waals surface area contributed by atoms with Gasteiger partial charge in [-0.05, 0) is 13.0 Å². The average Bonchev–Trinajstić information content (AvgIpc) is 2.64. The van der Waals surface area contributed by atoms with Gasteiger partial charge in [0.2, 0.25) is 5.75 Å². The third-order valence-electron chi connectivity index (χ3n) is 3.22. The molecule has 1 aromatic carbocycles. The molecule has 13 nitrogen and oxygen atoms in total. The molecule has 14 heteroatoms. The first kappa shape index (κ1) is 20.6. The van der Waals surface area contributed by atoms with Gasteiger partial charge >= 0.3 is 11.4 Å². The number of phenolic OH excluding ortho intramolecular Hbond substituents is 1. The van der Waals surface area contributed by atoms with E-state index in [0.717, 1.165) is 24.0 Å². The van der Waals surface area contributed by atoms with Crippen molar-refractivity contribution in [1.29, 1.82) is 0 Å². The molecule has 0 radical (unpaired) electrons. The Balaban J connectivity index is 2.08. The van der Waals surface area contributed by atoms with Crippen molar-refractivity contribution in [3.05, 3.63) is 48.6 Å². The fraction of sp³-hybridized carbons (Fsp3) is 0.214. The van der Waals surface area contributed by atoms with E-state index in [2.05, 4.69) is 15.6 Å². The number of nitro benzene ring substituents is 1. The predicted molar refractivity (Wildman–Crippen MR) is 97.8 cm³/mol. The fourth-order valence-corrected chi connectivity index (χ4v) is 2.63. The van der Waals surface area contributed by atoms with Gasteiger partial charge in [0.05, 0.1) is 23.5 Å². The lowest BCUT2D eigenvalue weighted by Crippen LogP contribution is -2.30. The minimum atomic E-state index is -0.791. The number of rotatable bonds is 7. The number of H-pyrrole nitrogens is 2. The number of hydrazone groups is 1. The monoisotopic (exact) mass is 410 g/mol. The average molecular weight is 410 g/mol. The zero-order valence-electron chi connectivity index (χ0n) is 14.5. The topological polar surface area (TPSA) is 193 Å². The third-order valence-corrected chi connectivity index (χ3v) is 4.29. The first-order valence-electron chi connectivity index (χ1n) is 7.47. The Morgan fingerprint density at radius 2 is 2.21 bits per heavy atom. The van der Waals surface area contributed by atoms with Crippen molar-refractivity contribution >= 4 is 29.6 Å². The van der Waals surface area contributed by atoms with Crippen molar-refractivity contribution in [1.82, 2.24) is 20.6 Å². The number of benzene rings is 1. The van der Waals surface area contributed by atoms with E-state index in [1.54, 1.807) is 0 Å². The Bertz CT molecular complexity index is 1050. The second-order valence-electron chi connectivity index (χ2n) is 5.15. The number of hydrogen-bond donors (Lipinski definition) is 4. The lowest BCUT2D eigenvalue weighted by Gasteiger charge is -2.08. The Hall–Kier alpha value is -3.68. The van der Waals surface area contributed by atoms with Crippen LogP contribution < -0.4 is 21.4 Å². The molecule has 1 heterocycles. The number of nitrogens with zero attached hydrogens (tertiary/aromatic N) is 3. The van der Waals surface area contributed by atoms with Gasteiger partial charge in [-0.2, -0.15) is 10.2 Å². The number of nitro groups is 1. The van der Waals surface area contributed by atoms with Crippen molar-refractivity contribution in [3.63, 3.8) is 0 Å². The van der Waals surface area contributed by atoms with E-state index in [-0.39, 0.29) is 16.3 Å². The Morgan fingerprint density at radius 1 is 1.50 bits per heavy atom. The van der Waals surface area contributed by atoms with Crippen LogP contribution >= 0.6 is 11.8 Å². The van der Waals surface area contributed by atoms with E-state index in [1.165, 1.54) is 20.1 Å². The number of hydrogen-bond acceptors (Lipinski definition) is 10. The highest BCUT2D eigenvalue weighted by Gasteiger charge is 2.20. The molecule has 1 amide bonds. The summed E-state index contributed by atoms with van der Waals surface area (Å²) in [7, 11) is 1.23. The Morgan fingerprint density at radius 3 is 2.82 bits per heavy atom. The molecule has 0 bridgehead atoms. The third kappa shape index (κ3) is 4.94. The number of thioether (sulfide) groups is 1. The standard InChI is InChI=1S/C14H14N6O7S/c1-6(28-13-12(23)16-14(24)19-18-13)11(22)17-15-5-7-3-8(20(25)26)10(21)9(4-7)27-2/h3-6,21H,1-2H3,(H,17,22)(H2,16,19,23,24)/b15-5+. The summed E-state index contributed by atoms with van der Waals surface area (Å²) < 4.78 is 4.86. The predicted octanol–water partition coefficient (Wildman–Crippen LogP) is -0.288. The van der Waals surface area contributed by atoms with Gasteiger partial charge in [0.1, 0.15) is 0 Å². The van der Waals surface area contributed by atoms with E-state index in [9.17, 15) is 29.6 Å². The number of nitrogens with one attached hydrogen (secondary N) is 3. The molecule has 0 aliphatic carbocycles. The number of ether oxygens (including phenoxy) is 1. The smallest absolute Gasteiger partial charge is 0.342 e. The van der Waals surface area contributed by atoms with E-state index in [0.29, 0.717) is 0 Å². The maximum Gasteiger partial charge on any atom is 0.342 e. The fourth-order valence-electron chi connectivity index (χ4n) is 1.88. The van der Waals surface area contributed by atoms with Crippen LogP contribution in [0.1, 0.15) is 12.5 Å². The largest absolute Gasteiger partial charge is 0.500 e. The second-order valence-corrected chi connectivity index (χ2v) is 6.48. The van der Waals surface area contributed by atoms with Crippen molar-refractivity contribution < 1.29 is 19.6 Å². The maximum absolute atomic E-state index is 12.0. The van der Waals surface area contributed by atoms with Crippen LogP contribution in [-0.2, 0) is 4.79 Å². The number of carbonyl (C=O) groups excluding carboxylic acids is 1. The van der Waals surface area contributed by atoms with Crippen LogP contribution in [-0.4, -0.2) is 49.7 Å². The minimum absolute atomic E-state index is 0.106. The zero-order chi connectivity index (χ0) is 20.8. The number of methoxy groups -OCH3 is 1. The first-order valence-corrected chi connectivity index (χ1v) is 8.35. The van der Waals surface area contributed by atoms with Gasteiger partial charge in [0, 0.05) is 11.6 Å². The quantitative estimate of drug-likeness (QED) is 0.205. The summed E-state index contributed by atoms with van der Waals surface area (Å²) in [4.78, 5) is 46.7. The zero-order valence-corrected chi connectivity index (χ0v) is 15.3. The Kier molecular flexibility index (Phi) is 6.49. The van der Waals surface area contributed by atoms with Crippen molar-refractivity contribution in [3.8, 4) is 11.5 Å². The van der Waals surface area contributed by atoms with Crippen LogP contribution in [0.2, 0.25) is 0 Å². The SMILES string of the molecule is COc1cc(/C=N/NC(=O)C(C)Sc2n[nH]c(=O)[nH]c2=O)cc([N+](=O)[O-])c1O. The number of aromatic nitrogens is 3. The number of phenols is 1. The van der Waals surface area contributed by atoms with Gasteiger partial charge in [-0.3, -0.25) is 24.7 Å². The molecule has 1 unspecified atom stereocenters. The van der Waals surface area contributed by atoms with Crippen LogP contribution in [0.5, 0.6) is 11.5 Å². The summed E-state index contributed by atoms with van der Waals surface area (Å²) in [6.45, 7) is 1.48. The molecule has 0 fully saturated rings. The first-order chi connectivity index (χ1) is 13.2. The maximum atomic E-state index is 12.0. The van der Waals surface area contributed by atoms with Crippen LogP contribution in [0, 0.1) is 10.1 Å².